The molecule has 5 nitrogen and oxygen atoms in total. The van der Waals surface area contributed by atoms with E-state index in [4.69, 9.17) is 0 Å². The molecule has 2 saturated heterocycles. The summed E-state index contributed by atoms with van der Waals surface area (Å²) in [7, 11) is 2.17. The van der Waals surface area contributed by atoms with Crippen LogP contribution < -0.4 is 5.56 Å². The first-order valence-electron chi connectivity index (χ1n) is 10.6. The van der Waals surface area contributed by atoms with Crippen LogP contribution in [0.25, 0.3) is 10.9 Å². The molecule has 1 N–H and O–H groups in total. The summed E-state index contributed by atoms with van der Waals surface area (Å²) in [5, 5.41) is 10.8. The first kappa shape index (κ1) is 19.2. The Morgan fingerprint density at radius 1 is 1.14 bits per heavy atom. The van der Waals surface area contributed by atoms with E-state index in [9.17, 15) is 14.7 Å². The highest BCUT2D eigenvalue weighted by Crippen LogP contribution is 2.42. The van der Waals surface area contributed by atoms with Crippen LogP contribution in [0.2, 0.25) is 0 Å². The van der Waals surface area contributed by atoms with Crippen molar-refractivity contribution >= 4 is 16.9 Å². The number of fused-ring (bicyclic) bond motifs is 3. The summed E-state index contributed by atoms with van der Waals surface area (Å²) in [4.78, 5) is 28.3. The molecule has 2 unspecified atom stereocenters. The molecule has 0 saturated carbocycles. The normalized spacial score (nSPS) is 24.7. The van der Waals surface area contributed by atoms with Crippen molar-refractivity contribution in [3.8, 4) is 0 Å². The van der Waals surface area contributed by atoms with Gasteiger partial charge in [-0.2, -0.15) is 0 Å². The van der Waals surface area contributed by atoms with Crippen LogP contribution in [0.3, 0.4) is 0 Å². The second-order valence-corrected chi connectivity index (χ2v) is 8.49. The van der Waals surface area contributed by atoms with E-state index >= 15 is 0 Å². The van der Waals surface area contributed by atoms with E-state index in [1.54, 1.807) is 0 Å². The Morgan fingerprint density at radius 2 is 1.82 bits per heavy atom. The van der Waals surface area contributed by atoms with Gasteiger partial charge in [0.2, 0.25) is 0 Å². The van der Waals surface area contributed by atoms with Crippen molar-refractivity contribution in [1.29, 1.82) is 0 Å². The summed E-state index contributed by atoms with van der Waals surface area (Å²) in [6.07, 6.45) is 7.16. The molecule has 5 heteroatoms. The molecule has 1 aromatic heterocycles. The average molecular weight is 383 g/mol. The molecule has 0 spiro atoms. The summed E-state index contributed by atoms with van der Waals surface area (Å²) in [6, 6.07) is 8.44. The van der Waals surface area contributed by atoms with Crippen LogP contribution in [0.5, 0.6) is 0 Å². The molecular weight excluding hydrogens is 352 g/mol. The van der Waals surface area contributed by atoms with Crippen LogP contribution in [0.1, 0.15) is 73.7 Å². The zero-order valence-electron chi connectivity index (χ0n) is 16.9. The number of carboxylic acids is 1. The summed E-state index contributed by atoms with van der Waals surface area (Å²) in [5.41, 5.74) is 1.45. The first-order valence-corrected chi connectivity index (χ1v) is 10.6. The van der Waals surface area contributed by atoms with Gasteiger partial charge in [-0.25, -0.2) is 4.79 Å². The van der Waals surface area contributed by atoms with Crippen molar-refractivity contribution in [2.75, 3.05) is 7.05 Å². The first-order chi connectivity index (χ1) is 13.5. The number of hydrogen-bond donors (Lipinski definition) is 1. The molecule has 2 atom stereocenters. The molecule has 1 aromatic carbocycles. The van der Waals surface area contributed by atoms with E-state index in [1.807, 2.05) is 28.8 Å². The van der Waals surface area contributed by atoms with Crippen molar-refractivity contribution in [3.63, 3.8) is 0 Å². The van der Waals surface area contributed by atoms with Crippen molar-refractivity contribution < 1.29 is 9.90 Å². The number of benzene rings is 1. The number of piperidine rings is 1. The Labute approximate surface area is 166 Å². The molecule has 2 aromatic rings. The highest BCUT2D eigenvalue weighted by Gasteiger charge is 2.41. The SMILES string of the molecule is CCCCCn1c(=O)c(C2CC3CCC(C2)N3C)c(C(=O)O)c2ccccc21. The minimum absolute atomic E-state index is 0.0364. The van der Waals surface area contributed by atoms with Gasteiger partial charge in [0.1, 0.15) is 0 Å². The minimum Gasteiger partial charge on any atom is -0.478 e. The topological polar surface area (TPSA) is 62.5 Å². The summed E-state index contributed by atoms with van der Waals surface area (Å²) < 4.78 is 1.84. The van der Waals surface area contributed by atoms with E-state index in [0.29, 0.717) is 29.6 Å². The molecule has 0 radical (unpaired) electrons. The second kappa shape index (κ2) is 7.70. The van der Waals surface area contributed by atoms with Gasteiger partial charge in [-0.15, -0.1) is 0 Å². The fourth-order valence-electron chi connectivity index (χ4n) is 5.43. The largest absolute Gasteiger partial charge is 0.478 e. The number of aromatic nitrogens is 1. The summed E-state index contributed by atoms with van der Waals surface area (Å²) in [6.45, 7) is 2.80. The number of rotatable bonds is 6. The number of unbranched alkanes of at least 4 members (excludes halogenated alkanes) is 2. The van der Waals surface area contributed by atoms with E-state index in [-0.39, 0.29) is 17.0 Å². The van der Waals surface area contributed by atoms with Crippen LogP contribution in [-0.2, 0) is 6.54 Å². The molecule has 2 aliphatic heterocycles. The zero-order chi connectivity index (χ0) is 19.8. The molecule has 3 heterocycles. The number of para-hydroxylation sites is 1. The number of hydrogen-bond acceptors (Lipinski definition) is 3. The molecule has 0 aliphatic carbocycles. The van der Waals surface area contributed by atoms with Crippen molar-refractivity contribution in [1.82, 2.24) is 9.47 Å². The Morgan fingerprint density at radius 3 is 2.46 bits per heavy atom. The third kappa shape index (κ3) is 3.16. The Bertz CT molecular complexity index is 935. The summed E-state index contributed by atoms with van der Waals surface area (Å²) in [5.74, 6) is -0.940. The van der Waals surface area contributed by atoms with Gasteiger partial charge in [0.25, 0.3) is 5.56 Å². The molecule has 0 amide bonds. The van der Waals surface area contributed by atoms with Gasteiger partial charge in [-0.3, -0.25) is 4.79 Å². The maximum absolute atomic E-state index is 13.6. The number of pyridine rings is 1. The van der Waals surface area contributed by atoms with Crippen molar-refractivity contribution in [2.24, 2.45) is 0 Å². The number of aryl methyl sites for hydroxylation is 1. The number of carbonyl (C=O) groups is 1. The molecular formula is C23H30N2O3. The molecule has 2 aliphatic rings. The zero-order valence-corrected chi connectivity index (χ0v) is 16.9. The van der Waals surface area contributed by atoms with Gasteiger partial charge >= 0.3 is 5.97 Å². The van der Waals surface area contributed by atoms with Gasteiger partial charge < -0.3 is 14.6 Å². The number of aromatic carboxylic acids is 1. The highest BCUT2D eigenvalue weighted by atomic mass is 16.4. The van der Waals surface area contributed by atoms with Crippen LogP contribution in [0.15, 0.2) is 29.1 Å². The molecule has 2 fully saturated rings. The summed E-state index contributed by atoms with van der Waals surface area (Å²) >= 11 is 0. The maximum atomic E-state index is 13.6. The smallest absolute Gasteiger partial charge is 0.336 e. The quantitative estimate of drug-likeness (QED) is 0.760. The van der Waals surface area contributed by atoms with Crippen LogP contribution >= 0.6 is 0 Å². The van der Waals surface area contributed by atoms with E-state index in [0.717, 1.165) is 50.5 Å². The van der Waals surface area contributed by atoms with E-state index < -0.39 is 5.97 Å². The van der Waals surface area contributed by atoms with Gasteiger partial charge in [0.15, 0.2) is 0 Å². The van der Waals surface area contributed by atoms with Crippen LogP contribution in [-0.4, -0.2) is 39.7 Å². The number of carboxylic acid groups (broad SMARTS) is 1. The standard InChI is InChI=1S/C23H30N2O3/c1-3-4-7-12-25-19-9-6-5-8-18(19)21(23(27)28)20(22(25)26)15-13-16-10-11-17(14-15)24(16)2/h5-6,8-9,15-17H,3-4,7,10-14H2,1-2H3,(H,27,28). The fraction of sp³-hybridized carbons (Fsp3) is 0.565. The third-order valence-electron chi connectivity index (χ3n) is 6.91. The molecule has 2 bridgehead atoms. The lowest BCUT2D eigenvalue weighted by molar-refractivity contribution is 0.0695. The lowest BCUT2D eigenvalue weighted by Crippen LogP contribution is -2.41. The van der Waals surface area contributed by atoms with E-state index in [2.05, 4.69) is 18.9 Å². The van der Waals surface area contributed by atoms with Gasteiger partial charge in [0, 0.05) is 29.6 Å². The Hall–Kier alpha value is -2.14. The number of nitrogens with zero attached hydrogens (tertiary/aromatic N) is 2. The second-order valence-electron chi connectivity index (χ2n) is 8.49. The Kier molecular flexibility index (Phi) is 5.28. The Balaban J connectivity index is 1.89. The van der Waals surface area contributed by atoms with Gasteiger partial charge in [-0.05, 0) is 51.1 Å². The van der Waals surface area contributed by atoms with Crippen LogP contribution in [0, 0.1) is 0 Å². The monoisotopic (exact) mass is 382 g/mol. The van der Waals surface area contributed by atoms with Crippen molar-refractivity contribution in [2.45, 2.75) is 76.4 Å². The molecule has 28 heavy (non-hydrogen) atoms. The predicted octanol–water partition coefficient (Wildman–Crippen LogP) is 4.23. The molecule has 4 rings (SSSR count). The lowest BCUT2D eigenvalue weighted by atomic mass is 9.82. The van der Waals surface area contributed by atoms with Crippen molar-refractivity contribution in [3.05, 3.63) is 45.7 Å². The average Bonchev–Trinajstić information content (AvgIpc) is 2.89. The molecule has 150 valence electrons. The van der Waals surface area contributed by atoms with Gasteiger partial charge in [-0.1, -0.05) is 38.0 Å². The lowest BCUT2D eigenvalue weighted by Gasteiger charge is -2.37. The van der Waals surface area contributed by atoms with Gasteiger partial charge in [0.05, 0.1) is 11.1 Å². The maximum Gasteiger partial charge on any atom is 0.336 e. The minimum atomic E-state index is -0.977. The van der Waals surface area contributed by atoms with Crippen LogP contribution in [0.4, 0.5) is 0 Å². The highest BCUT2D eigenvalue weighted by molar-refractivity contribution is 6.04. The predicted molar refractivity (Wildman–Crippen MR) is 111 cm³/mol. The van der Waals surface area contributed by atoms with E-state index in [1.165, 1.54) is 0 Å². The fourth-order valence-corrected chi connectivity index (χ4v) is 5.43. The third-order valence-corrected chi connectivity index (χ3v) is 6.91.